The van der Waals surface area contributed by atoms with Crippen molar-refractivity contribution in [1.82, 2.24) is 9.88 Å². The van der Waals surface area contributed by atoms with Crippen LogP contribution in [0.1, 0.15) is 87.2 Å². The minimum atomic E-state index is -0.723. The normalized spacial score (nSPS) is 23.9. The van der Waals surface area contributed by atoms with Crippen LogP contribution in [0.4, 0.5) is 0 Å². The number of rotatable bonds is 9. The molecule has 216 valence electrons. The third-order valence-electron chi connectivity index (χ3n) is 9.72. The summed E-state index contributed by atoms with van der Waals surface area (Å²) in [6.45, 7) is 7.40. The average Bonchev–Trinajstić information content (AvgIpc) is 3.78. The predicted molar refractivity (Wildman–Crippen MR) is 160 cm³/mol. The lowest BCUT2D eigenvalue weighted by Gasteiger charge is -2.30. The highest BCUT2D eigenvalue weighted by Gasteiger charge is 2.39. The van der Waals surface area contributed by atoms with Crippen molar-refractivity contribution in [2.45, 2.75) is 89.9 Å². The van der Waals surface area contributed by atoms with Gasteiger partial charge in [0.1, 0.15) is 11.9 Å². The molecule has 1 N–H and O–H groups in total. The molecule has 0 bridgehead atoms. The third kappa shape index (κ3) is 5.72. The van der Waals surface area contributed by atoms with Crippen molar-refractivity contribution in [3.63, 3.8) is 0 Å². The standard InChI is InChI=1S/C35H42N2O4/c1-21-5-6-22(2)37(21)20-29-17-27(11-13-30(29)26-15-16-36-33(19-26)40-4)31-14-12-24-7-10-28(18-32(24)41-31)34(25-8-9-25)23(3)35(38)39/h7,10-11,13,15-19,21-23,25,31,34H,5-6,8-9,12,14,20H2,1-4H3,(H,38,39)/t21-,22-,23+,31+,34+/m1/s1. The molecule has 0 radical (unpaired) electrons. The molecule has 3 heterocycles. The number of ether oxygens (including phenoxy) is 2. The van der Waals surface area contributed by atoms with Gasteiger partial charge in [-0.05, 0) is 110 Å². The molecule has 3 aromatic rings. The van der Waals surface area contributed by atoms with Gasteiger partial charge in [-0.1, -0.05) is 37.3 Å². The zero-order chi connectivity index (χ0) is 28.7. The minimum absolute atomic E-state index is 0.0365. The van der Waals surface area contributed by atoms with Gasteiger partial charge in [-0.2, -0.15) is 0 Å². The van der Waals surface area contributed by atoms with E-state index in [9.17, 15) is 9.90 Å². The lowest BCUT2D eigenvalue weighted by atomic mass is 9.82. The first kappa shape index (κ1) is 27.8. The van der Waals surface area contributed by atoms with Crippen molar-refractivity contribution in [2.75, 3.05) is 7.11 Å². The molecule has 1 saturated heterocycles. The SMILES string of the molecule is COc1cc(-c2ccc([C@@H]3CCc4ccc([C@H](C5CC5)[C@H](C)C(=O)O)cc4O3)cc2CN2[C@H](C)CC[C@H]2C)ccn1. The largest absolute Gasteiger partial charge is 0.485 e. The number of pyridine rings is 1. The van der Waals surface area contributed by atoms with Crippen LogP contribution in [0.25, 0.3) is 11.1 Å². The number of aromatic nitrogens is 1. The maximum Gasteiger partial charge on any atom is 0.306 e. The smallest absolute Gasteiger partial charge is 0.306 e. The van der Waals surface area contributed by atoms with Crippen molar-refractivity contribution in [2.24, 2.45) is 11.8 Å². The van der Waals surface area contributed by atoms with Gasteiger partial charge in [-0.3, -0.25) is 9.69 Å². The summed E-state index contributed by atoms with van der Waals surface area (Å²) < 4.78 is 12.1. The zero-order valence-corrected chi connectivity index (χ0v) is 24.7. The second-order valence-electron chi connectivity index (χ2n) is 12.5. The number of carboxylic acid groups (broad SMARTS) is 1. The summed E-state index contributed by atoms with van der Waals surface area (Å²) in [5, 5.41) is 9.77. The van der Waals surface area contributed by atoms with Crippen LogP contribution >= 0.6 is 0 Å². The summed E-state index contributed by atoms with van der Waals surface area (Å²) in [4.78, 5) is 18.8. The van der Waals surface area contributed by atoms with Gasteiger partial charge in [-0.25, -0.2) is 4.98 Å². The minimum Gasteiger partial charge on any atom is -0.485 e. The Morgan fingerprint density at radius 3 is 2.54 bits per heavy atom. The summed E-state index contributed by atoms with van der Waals surface area (Å²) >= 11 is 0. The average molecular weight is 555 g/mol. The van der Waals surface area contributed by atoms with E-state index < -0.39 is 11.9 Å². The quantitative estimate of drug-likeness (QED) is 0.297. The molecule has 1 aliphatic carbocycles. The van der Waals surface area contributed by atoms with Crippen LogP contribution in [0.2, 0.25) is 0 Å². The summed E-state index contributed by atoms with van der Waals surface area (Å²) in [5.41, 5.74) is 7.11. The van der Waals surface area contributed by atoms with Gasteiger partial charge < -0.3 is 14.6 Å². The number of methoxy groups -OCH3 is 1. The third-order valence-corrected chi connectivity index (χ3v) is 9.72. The second kappa shape index (κ2) is 11.5. The molecule has 6 heteroatoms. The van der Waals surface area contributed by atoms with E-state index in [1.807, 2.05) is 19.2 Å². The van der Waals surface area contributed by atoms with Crippen LogP contribution < -0.4 is 9.47 Å². The van der Waals surface area contributed by atoms with Crippen molar-refractivity contribution >= 4 is 5.97 Å². The fraction of sp³-hybridized carbons (Fsp3) is 0.486. The van der Waals surface area contributed by atoms with E-state index in [-0.39, 0.29) is 12.0 Å². The van der Waals surface area contributed by atoms with Crippen LogP contribution in [0.3, 0.4) is 0 Å². The molecular weight excluding hydrogens is 512 g/mol. The Labute approximate surface area is 243 Å². The van der Waals surface area contributed by atoms with Gasteiger partial charge >= 0.3 is 5.97 Å². The van der Waals surface area contributed by atoms with Gasteiger partial charge in [0.15, 0.2) is 0 Å². The molecule has 1 saturated carbocycles. The number of nitrogens with zero attached hydrogens (tertiary/aromatic N) is 2. The van der Waals surface area contributed by atoms with Gasteiger partial charge in [0.25, 0.3) is 0 Å². The van der Waals surface area contributed by atoms with Crippen LogP contribution in [0, 0.1) is 11.8 Å². The Balaban J connectivity index is 1.31. The molecule has 6 nitrogen and oxygen atoms in total. The number of fused-ring (bicyclic) bond motifs is 1. The highest BCUT2D eigenvalue weighted by molar-refractivity contribution is 5.71. The molecule has 2 fully saturated rings. The molecule has 0 unspecified atom stereocenters. The molecule has 2 aliphatic heterocycles. The first-order valence-electron chi connectivity index (χ1n) is 15.2. The Hall–Kier alpha value is -3.38. The molecule has 41 heavy (non-hydrogen) atoms. The topological polar surface area (TPSA) is 71.9 Å². The number of hydrogen-bond donors (Lipinski definition) is 1. The number of likely N-dealkylation sites (tertiary alicyclic amines) is 1. The summed E-state index contributed by atoms with van der Waals surface area (Å²) in [7, 11) is 1.66. The maximum atomic E-state index is 11.9. The summed E-state index contributed by atoms with van der Waals surface area (Å²) in [6.07, 6.45) is 8.31. The second-order valence-corrected chi connectivity index (χ2v) is 12.5. The highest BCUT2D eigenvalue weighted by atomic mass is 16.5. The van der Waals surface area contributed by atoms with Crippen LogP contribution in [0.5, 0.6) is 11.6 Å². The van der Waals surface area contributed by atoms with Gasteiger partial charge in [0, 0.05) is 30.9 Å². The molecule has 5 atom stereocenters. The Kier molecular flexibility index (Phi) is 7.78. The number of hydrogen-bond acceptors (Lipinski definition) is 5. The maximum absolute atomic E-state index is 11.9. The molecule has 6 rings (SSSR count). The van der Waals surface area contributed by atoms with Crippen molar-refractivity contribution in [3.8, 4) is 22.8 Å². The molecule has 0 spiro atoms. The fourth-order valence-electron chi connectivity index (χ4n) is 7.08. The van der Waals surface area contributed by atoms with Crippen LogP contribution in [-0.4, -0.2) is 40.2 Å². The van der Waals surface area contributed by atoms with E-state index in [0.717, 1.165) is 49.1 Å². The number of aliphatic carboxylic acids is 1. The van der Waals surface area contributed by atoms with E-state index in [1.165, 1.54) is 35.1 Å². The lowest BCUT2D eigenvalue weighted by Crippen LogP contribution is -2.32. The molecule has 3 aliphatic rings. The molecule has 0 amide bonds. The lowest BCUT2D eigenvalue weighted by molar-refractivity contribution is -0.142. The summed E-state index contributed by atoms with van der Waals surface area (Å²) in [5.74, 6) is 0.889. The van der Waals surface area contributed by atoms with E-state index in [0.29, 0.717) is 23.9 Å². The Morgan fingerprint density at radius 1 is 1.05 bits per heavy atom. The number of carbonyl (C=O) groups is 1. The van der Waals surface area contributed by atoms with Crippen molar-refractivity contribution in [3.05, 3.63) is 77.0 Å². The van der Waals surface area contributed by atoms with E-state index in [2.05, 4.69) is 66.2 Å². The summed E-state index contributed by atoms with van der Waals surface area (Å²) in [6, 6.07) is 18.4. The van der Waals surface area contributed by atoms with Gasteiger partial charge in [0.05, 0.1) is 13.0 Å². The van der Waals surface area contributed by atoms with Crippen molar-refractivity contribution in [1.29, 1.82) is 0 Å². The van der Waals surface area contributed by atoms with Crippen molar-refractivity contribution < 1.29 is 19.4 Å². The first-order valence-corrected chi connectivity index (χ1v) is 15.2. The fourth-order valence-corrected chi connectivity index (χ4v) is 7.08. The number of benzene rings is 2. The van der Waals surface area contributed by atoms with E-state index in [4.69, 9.17) is 9.47 Å². The Morgan fingerprint density at radius 2 is 1.83 bits per heavy atom. The molecule has 1 aromatic heterocycles. The first-order chi connectivity index (χ1) is 19.8. The van der Waals surface area contributed by atoms with E-state index in [1.54, 1.807) is 7.11 Å². The molecule has 2 aromatic carbocycles. The van der Waals surface area contributed by atoms with Crippen LogP contribution in [-0.2, 0) is 17.8 Å². The Bertz CT molecular complexity index is 1410. The zero-order valence-electron chi connectivity index (χ0n) is 24.7. The van der Waals surface area contributed by atoms with Gasteiger partial charge in [-0.15, -0.1) is 0 Å². The monoisotopic (exact) mass is 554 g/mol. The van der Waals surface area contributed by atoms with E-state index >= 15 is 0 Å². The highest BCUT2D eigenvalue weighted by Crippen LogP contribution is 2.48. The predicted octanol–water partition coefficient (Wildman–Crippen LogP) is 7.41. The number of carboxylic acids is 1. The molecular formula is C35H42N2O4. The number of aryl methyl sites for hydroxylation is 1. The van der Waals surface area contributed by atoms with Crippen LogP contribution in [0.15, 0.2) is 54.7 Å². The van der Waals surface area contributed by atoms with Gasteiger partial charge in [0.2, 0.25) is 5.88 Å².